The predicted molar refractivity (Wildman–Crippen MR) is 89.5 cm³/mol. The van der Waals surface area contributed by atoms with Crippen molar-refractivity contribution in [2.45, 2.75) is 19.5 Å². The molecule has 118 valence electrons. The lowest BCUT2D eigenvalue weighted by Crippen LogP contribution is -3.10. The molecule has 4 rings (SSSR count). The summed E-state index contributed by atoms with van der Waals surface area (Å²) in [6, 6.07) is 10.5. The van der Waals surface area contributed by atoms with Crippen LogP contribution in [0.5, 0.6) is 0 Å². The quantitative estimate of drug-likeness (QED) is 0.345. The van der Waals surface area contributed by atoms with Crippen LogP contribution in [-0.4, -0.2) is 21.7 Å². The zero-order valence-electron chi connectivity index (χ0n) is 12.8. The second kappa shape index (κ2) is 5.53. The summed E-state index contributed by atoms with van der Waals surface area (Å²) < 4.78 is 0. The Balaban J connectivity index is 1.71. The van der Waals surface area contributed by atoms with Gasteiger partial charge in [-0.05, 0) is 5.56 Å². The first-order valence-corrected chi connectivity index (χ1v) is 7.75. The molecule has 0 radical (unpaired) electrons. The van der Waals surface area contributed by atoms with Crippen molar-refractivity contribution in [3.05, 3.63) is 47.0 Å². The number of pyridine rings is 1. The molecule has 0 amide bonds. The van der Waals surface area contributed by atoms with Gasteiger partial charge in [0.25, 0.3) is 0 Å². The lowest BCUT2D eigenvalue weighted by molar-refractivity contribution is -0.929. The number of hydrogen-bond donors (Lipinski definition) is 5. The van der Waals surface area contributed by atoms with Gasteiger partial charge in [-0.1, -0.05) is 30.3 Å². The molecule has 0 aliphatic carbocycles. The highest BCUT2D eigenvalue weighted by atomic mass is 15.3. The van der Waals surface area contributed by atoms with Gasteiger partial charge in [-0.15, -0.1) is 0 Å². The number of H-pyrrole nitrogens is 1. The van der Waals surface area contributed by atoms with Crippen molar-refractivity contribution in [2.24, 2.45) is 5.84 Å². The summed E-state index contributed by atoms with van der Waals surface area (Å²) in [6.45, 7) is 2.91. The normalized spacial score (nSPS) is 17.2. The third-order valence-corrected chi connectivity index (χ3v) is 4.53. The Labute approximate surface area is 133 Å². The number of quaternary nitrogens is 1. The summed E-state index contributed by atoms with van der Waals surface area (Å²) in [5.41, 5.74) is 13.1. The lowest BCUT2D eigenvalue weighted by atomic mass is 9.97. The van der Waals surface area contributed by atoms with E-state index in [1.165, 1.54) is 16.0 Å². The molecule has 1 aliphatic rings. The van der Waals surface area contributed by atoms with Crippen molar-refractivity contribution in [1.82, 2.24) is 15.2 Å². The van der Waals surface area contributed by atoms with E-state index in [4.69, 9.17) is 11.6 Å². The Bertz CT molecular complexity index is 841. The van der Waals surface area contributed by atoms with E-state index in [1.807, 2.05) is 6.07 Å². The maximum atomic E-state index is 6.03. The molecular weight excluding hydrogens is 290 g/mol. The molecule has 23 heavy (non-hydrogen) atoms. The van der Waals surface area contributed by atoms with Crippen molar-refractivity contribution in [3.63, 3.8) is 0 Å². The average molecular weight is 310 g/mol. The SMILES string of the molecule is NNc1nc2n[nH]c(N)c2c2c1C[NH+](Cc1ccccc1)CC2. The van der Waals surface area contributed by atoms with Gasteiger partial charge in [0.1, 0.15) is 18.9 Å². The predicted octanol–water partition coefficient (Wildman–Crippen LogP) is -0.0331. The third kappa shape index (κ3) is 2.39. The first-order valence-electron chi connectivity index (χ1n) is 7.75. The van der Waals surface area contributed by atoms with E-state index >= 15 is 0 Å². The maximum absolute atomic E-state index is 6.03. The van der Waals surface area contributed by atoms with Gasteiger partial charge in [0.05, 0.1) is 17.5 Å². The van der Waals surface area contributed by atoms with Gasteiger partial charge in [0.15, 0.2) is 11.5 Å². The molecule has 0 saturated carbocycles. The van der Waals surface area contributed by atoms with Gasteiger partial charge >= 0.3 is 0 Å². The second-order valence-electron chi connectivity index (χ2n) is 5.99. The molecule has 2 aromatic heterocycles. The first-order chi connectivity index (χ1) is 11.3. The van der Waals surface area contributed by atoms with Crippen molar-refractivity contribution in [1.29, 1.82) is 0 Å². The van der Waals surface area contributed by atoms with Gasteiger partial charge in [0.2, 0.25) is 0 Å². The standard InChI is InChI=1S/C16H19N7/c17-14-13-11-6-7-23(8-10-4-2-1-3-5-10)9-12(11)15(20-18)19-16(13)22-21-14/h1-5H,6-9,18H2,(H4,17,19,20,21,22)/p+1. The van der Waals surface area contributed by atoms with Crippen LogP contribution in [0.2, 0.25) is 0 Å². The number of hydrazine groups is 1. The zero-order chi connectivity index (χ0) is 15.8. The van der Waals surface area contributed by atoms with E-state index in [2.05, 4.69) is 44.9 Å². The van der Waals surface area contributed by atoms with Gasteiger partial charge < -0.3 is 16.1 Å². The molecule has 1 aromatic carbocycles. The number of nitrogens with zero attached hydrogens (tertiary/aromatic N) is 2. The number of rotatable bonds is 3. The number of nitrogen functional groups attached to an aromatic ring is 2. The fourth-order valence-corrected chi connectivity index (χ4v) is 3.45. The Morgan fingerprint density at radius 3 is 2.83 bits per heavy atom. The van der Waals surface area contributed by atoms with Crippen molar-refractivity contribution < 1.29 is 4.90 Å². The molecule has 0 fully saturated rings. The largest absolute Gasteiger partial charge is 0.384 e. The first kappa shape index (κ1) is 14.0. The molecule has 7 N–H and O–H groups in total. The van der Waals surface area contributed by atoms with Crippen LogP contribution in [0.4, 0.5) is 11.6 Å². The minimum absolute atomic E-state index is 0.582. The molecule has 1 atom stereocenters. The molecule has 3 heterocycles. The van der Waals surface area contributed by atoms with Crippen molar-refractivity contribution in [3.8, 4) is 0 Å². The van der Waals surface area contributed by atoms with Gasteiger partial charge in [-0.2, -0.15) is 5.10 Å². The minimum atomic E-state index is 0.582. The van der Waals surface area contributed by atoms with Crippen LogP contribution < -0.4 is 21.9 Å². The molecule has 7 nitrogen and oxygen atoms in total. The number of hydrogen-bond acceptors (Lipinski definition) is 5. The number of nitrogens with two attached hydrogens (primary N) is 2. The fourth-order valence-electron chi connectivity index (χ4n) is 3.45. The summed E-state index contributed by atoms with van der Waals surface area (Å²) in [5, 5.41) is 7.92. The highest BCUT2D eigenvalue weighted by Gasteiger charge is 2.27. The molecule has 0 saturated heterocycles. The van der Waals surface area contributed by atoms with Crippen molar-refractivity contribution in [2.75, 3.05) is 17.7 Å². The van der Waals surface area contributed by atoms with E-state index < -0.39 is 0 Å². The van der Waals surface area contributed by atoms with Crippen LogP contribution in [0.25, 0.3) is 11.0 Å². The maximum Gasteiger partial charge on any atom is 0.185 e. The second-order valence-corrected chi connectivity index (χ2v) is 5.99. The summed E-state index contributed by atoms with van der Waals surface area (Å²) in [4.78, 5) is 5.99. The summed E-state index contributed by atoms with van der Waals surface area (Å²) >= 11 is 0. The average Bonchev–Trinajstić information content (AvgIpc) is 2.96. The van der Waals surface area contributed by atoms with E-state index in [0.717, 1.165) is 37.0 Å². The van der Waals surface area contributed by atoms with E-state index in [1.54, 1.807) is 0 Å². The molecule has 7 heteroatoms. The highest BCUT2D eigenvalue weighted by molar-refractivity contribution is 5.92. The fraction of sp³-hybridized carbons (Fsp3) is 0.250. The lowest BCUT2D eigenvalue weighted by Gasteiger charge is -2.27. The Morgan fingerprint density at radius 1 is 1.22 bits per heavy atom. The summed E-state index contributed by atoms with van der Waals surface area (Å²) in [6.07, 6.45) is 0.939. The topological polar surface area (TPSA) is 110 Å². The van der Waals surface area contributed by atoms with E-state index in [-0.39, 0.29) is 0 Å². The van der Waals surface area contributed by atoms with E-state index in [9.17, 15) is 0 Å². The molecule has 1 aliphatic heterocycles. The number of aromatic nitrogens is 3. The molecule has 1 unspecified atom stereocenters. The van der Waals surface area contributed by atoms with Crippen LogP contribution in [-0.2, 0) is 19.5 Å². The van der Waals surface area contributed by atoms with Crippen LogP contribution in [0.1, 0.15) is 16.7 Å². The number of aromatic amines is 1. The highest BCUT2D eigenvalue weighted by Crippen LogP contribution is 2.29. The van der Waals surface area contributed by atoms with Crippen LogP contribution in [0.15, 0.2) is 30.3 Å². The summed E-state index contributed by atoms with van der Waals surface area (Å²) in [7, 11) is 0. The van der Waals surface area contributed by atoms with Crippen LogP contribution in [0, 0.1) is 0 Å². The number of anilines is 2. The smallest absolute Gasteiger partial charge is 0.185 e. The Morgan fingerprint density at radius 2 is 2.04 bits per heavy atom. The van der Waals surface area contributed by atoms with Crippen LogP contribution in [0.3, 0.4) is 0 Å². The number of nitrogens with one attached hydrogen (secondary N) is 3. The van der Waals surface area contributed by atoms with Crippen molar-refractivity contribution >= 4 is 22.7 Å². The number of benzene rings is 1. The molecule has 0 bridgehead atoms. The Hall–Kier alpha value is -2.64. The molecule has 3 aromatic rings. The van der Waals surface area contributed by atoms with Crippen LogP contribution >= 0.6 is 0 Å². The third-order valence-electron chi connectivity index (χ3n) is 4.53. The monoisotopic (exact) mass is 310 g/mol. The van der Waals surface area contributed by atoms with Gasteiger partial charge in [0, 0.05) is 12.0 Å². The molecular formula is C16H20N7+. The van der Waals surface area contributed by atoms with Gasteiger partial charge in [-0.3, -0.25) is 5.10 Å². The summed E-state index contributed by atoms with van der Waals surface area (Å²) in [5.74, 6) is 6.96. The zero-order valence-corrected chi connectivity index (χ0v) is 12.8. The number of fused-ring (bicyclic) bond motifs is 3. The minimum Gasteiger partial charge on any atom is -0.384 e. The molecule has 0 spiro atoms. The van der Waals surface area contributed by atoms with Gasteiger partial charge in [-0.25, -0.2) is 10.8 Å². The van der Waals surface area contributed by atoms with E-state index in [0.29, 0.717) is 17.3 Å². The Kier molecular flexibility index (Phi) is 3.36.